The molecule has 0 aliphatic heterocycles. The van der Waals surface area contributed by atoms with Gasteiger partial charge in [-0.1, -0.05) is 67.9 Å². The first-order valence-corrected chi connectivity index (χ1v) is 9.22. The van der Waals surface area contributed by atoms with Gasteiger partial charge in [-0.05, 0) is 30.9 Å². The molecule has 3 rings (SSSR count). The molecular formula is C22H24N4O. The van der Waals surface area contributed by atoms with E-state index in [1.165, 1.54) is 24.5 Å². The molecule has 2 N–H and O–H groups in total. The maximum atomic E-state index is 11.9. The SMILES string of the molecule is CCCCc1ccc(C(C)=NNc2nc(-c3ccccc3)cc(=O)[nH]2)cc1. The van der Waals surface area contributed by atoms with Gasteiger partial charge in [0.05, 0.1) is 11.4 Å². The molecule has 0 spiro atoms. The number of aromatic amines is 1. The summed E-state index contributed by atoms with van der Waals surface area (Å²) in [6.45, 7) is 4.12. The van der Waals surface area contributed by atoms with Gasteiger partial charge in [0.2, 0.25) is 5.95 Å². The van der Waals surface area contributed by atoms with Gasteiger partial charge in [-0.3, -0.25) is 9.78 Å². The third-order valence-corrected chi connectivity index (χ3v) is 4.33. The molecule has 0 atom stereocenters. The lowest BCUT2D eigenvalue weighted by molar-refractivity contribution is 0.795. The fraction of sp³-hybridized carbons (Fsp3) is 0.227. The Kier molecular flexibility index (Phi) is 6.15. The van der Waals surface area contributed by atoms with Gasteiger partial charge in [0.25, 0.3) is 5.56 Å². The summed E-state index contributed by atoms with van der Waals surface area (Å²) < 4.78 is 0. The molecule has 27 heavy (non-hydrogen) atoms. The van der Waals surface area contributed by atoms with Crippen LogP contribution >= 0.6 is 0 Å². The predicted octanol–water partition coefficient (Wildman–Crippen LogP) is 4.62. The van der Waals surface area contributed by atoms with Crippen molar-refractivity contribution in [2.24, 2.45) is 5.10 Å². The van der Waals surface area contributed by atoms with Crippen LogP contribution in [0.25, 0.3) is 11.3 Å². The normalized spacial score (nSPS) is 11.4. The maximum Gasteiger partial charge on any atom is 0.252 e. The Morgan fingerprint density at radius 2 is 1.85 bits per heavy atom. The number of hydrogen-bond acceptors (Lipinski definition) is 4. The molecule has 0 radical (unpaired) electrons. The predicted molar refractivity (Wildman–Crippen MR) is 111 cm³/mol. The van der Waals surface area contributed by atoms with Crippen molar-refractivity contribution in [2.75, 3.05) is 5.43 Å². The Morgan fingerprint density at radius 3 is 2.56 bits per heavy atom. The van der Waals surface area contributed by atoms with Crippen molar-refractivity contribution in [2.45, 2.75) is 33.1 Å². The highest BCUT2D eigenvalue weighted by molar-refractivity contribution is 5.99. The van der Waals surface area contributed by atoms with E-state index in [4.69, 9.17) is 0 Å². The van der Waals surface area contributed by atoms with Gasteiger partial charge >= 0.3 is 0 Å². The summed E-state index contributed by atoms with van der Waals surface area (Å²) in [5.41, 5.74) is 7.32. The third-order valence-electron chi connectivity index (χ3n) is 4.33. The highest BCUT2D eigenvalue weighted by Crippen LogP contribution is 2.15. The molecule has 3 aromatic rings. The van der Waals surface area contributed by atoms with Crippen LogP contribution in [-0.2, 0) is 6.42 Å². The molecule has 0 amide bonds. The number of hydrogen-bond donors (Lipinski definition) is 2. The van der Waals surface area contributed by atoms with Crippen LogP contribution in [0.5, 0.6) is 0 Å². The molecule has 1 heterocycles. The molecule has 0 aliphatic carbocycles. The fourth-order valence-corrected chi connectivity index (χ4v) is 2.76. The number of hydrazone groups is 1. The van der Waals surface area contributed by atoms with E-state index in [0.717, 1.165) is 23.3 Å². The quantitative estimate of drug-likeness (QED) is 0.477. The summed E-state index contributed by atoms with van der Waals surface area (Å²) in [5.74, 6) is 0.320. The first kappa shape index (κ1) is 18.6. The van der Waals surface area contributed by atoms with Gasteiger partial charge < -0.3 is 0 Å². The summed E-state index contributed by atoms with van der Waals surface area (Å²) in [6.07, 6.45) is 3.49. The van der Waals surface area contributed by atoms with Crippen molar-refractivity contribution in [3.63, 3.8) is 0 Å². The first-order chi connectivity index (χ1) is 13.2. The summed E-state index contributed by atoms with van der Waals surface area (Å²) in [4.78, 5) is 19.1. The lowest BCUT2D eigenvalue weighted by Crippen LogP contribution is -2.11. The van der Waals surface area contributed by atoms with Crippen LogP contribution in [0.3, 0.4) is 0 Å². The number of unbranched alkanes of at least 4 members (excludes halogenated alkanes) is 1. The van der Waals surface area contributed by atoms with Crippen LogP contribution in [0, 0.1) is 0 Å². The van der Waals surface area contributed by atoms with E-state index in [-0.39, 0.29) is 5.56 Å². The minimum absolute atomic E-state index is 0.223. The first-order valence-electron chi connectivity index (χ1n) is 9.22. The molecule has 0 fully saturated rings. The van der Waals surface area contributed by atoms with E-state index in [1.54, 1.807) is 0 Å². The highest BCUT2D eigenvalue weighted by Gasteiger charge is 2.04. The molecule has 0 unspecified atom stereocenters. The number of rotatable bonds is 7. The van der Waals surface area contributed by atoms with Gasteiger partial charge in [-0.15, -0.1) is 0 Å². The largest absolute Gasteiger partial charge is 0.291 e. The van der Waals surface area contributed by atoms with E-state index in [2.05, 4.69) is 51.7 Å². The van der Waals surface area contributed by atoms with Gasteiger partial charge in [0, 0.05) is 11.6 Å². The van der Waals surface area contributed by atoms with Crippen LogP contribution in [0.1, 0.15) is 37.8 Å². The second-order valence-corrected chi connectivity index (χ2v) is 6.45. The zero-order valence-electron chi connectivity index (χ0n) is 15.7. The van der Waals surface area contributed by atoms with Crippen LogP contribution in [0.2, 0.25) is 0 Å². The van der Waals surface area contributed by atoms with Crippen molar-refractivity contribution < 1.29 is 0 Å². The average Bonchev–Trinajstić information content (AvgIpc) is 2.71. The van der Waals surface area contributed by atoms with Gasteiger partial charge in [0.15, 0.2) is 0 Å². The van der Waals surface area contributed by atoms with Crippen LogP contribution < -0.4 is 11.0 Å². The lowest BCUT2D eigenvalue weighted by Gasteiger charge is -2.06. The molecule has 1 aromatic heterocycles. The molecule has 2 aromatic carbocycles. The summed E-state index contributed by atoms with van der Waals surface area (Å²) >= 11 is 0. The van der Waals surface area contributed by atoms with Crippen LogP contribution in [-0.4, -0.2) is 15.7 Å². The van der Waals surface area contributed by atoms with Gasteiger partial charge in [0.1, 0.15) is 0 Å². The average molecular weight is 360 g/mol. The highest BCUT2D eigenvalue weighted by atomic mass is 16.1. The number of aryl methyl sites for hydroxylation is 1. The molecule has 0 saturated carbocycles. The third kappa shape index (κ3) is 5.14. The number of aromatic nitrogens is 2. The maximum absolute atomic E-state index is 11.9. The Bertz CT molecular complexity index is 960. The van der Waals surface area contributed by atoms with Crippen molar-refractivity contribution in [1.29, 1.82) is 0 Å². The van der Waals surface area contributed by atoms with Gasteiger partial charge in [-0.2, -0.15) is 5.10 Å². The zero-order chi connectivity index (χ0) is 19.1. The number of nitrogens with zero attached hydrogens (tertiary/aromatic N) is 2. The summed E-state index contributed by atoms with van der Waals surface area (Å²) in [7, 11) is 0. The lowest BCUT2D eigenvalue weighted by atomic mass is 10.0. The molecule has 0 saturated heterocycles. The Balaban J connectivity index is 1.75. The number of nitrogens with one attached hydrogen (secondary N) is 2. The fourth-order valence-electron chi connectivity index (χ4n) is 2.76. The second-order valence-electron chi connectivity index (χ2n) is 6.45. The zero-order valence-corrected chi connectivity index (χ0v) is 15.7. The molecule has 5 heteroatoms. The minimum atomic E-state index is -0.223. The smallest absolute Gasteiger partial charge is 0.252 e. The molecule has 0 bridgehead atoms. The van der Waals surface area contributed by atoms with E-state index >= 15 is 0 Å². The van der Waals surface area contributed by atoms with E-state index in [0.29, 0.717) is 11.6 Å². The molecule has 138 valence electrons. The standard InChI is InChI=1S/C22H24N4O/c1-3-4-8-17-11-13-18(14-12-17)16(2)25-26-22-23-20(15-21(27)24-22)19-9-6-5-7-10-19/h5-7,9-15H,3-4,8H2,1-2H3,(H2,23,24,26,27). The van der Waals surface area contributed by atoms with Crippen molar-refractivity contribution in [3.05, 3.63) is 82.1 Å². The Hall–Kier alpha value is -3.21. The molecular weight excluding hydrogens is 336 g/mol. The van der Waals surface area contributed by atoms with Crippen LogP contribution in [0.15, 0.2) is 70.6 Å². The second kappa shape index (κ2) is 8.94. The Labute approximate surface area is 159 Å². The Morgan fingerprint density at radius 1 is 1.11 bits per heavy atom. The molecule has 5 nitrogen and oxygen atoms in total. The van der Waals surface area contributed by atoms with Crippen molar-refractivity contribution in [1.82, 2.24) is 9.97 Å². The topological polar surface area (TPSA) is 70.1 Å². The monoisotopic (exact) mass is 360 g/mol. The van der Waals surface area contributed by atoms with E-state index < -0.39 is 0 Å². The number of benzene rings is 2. The van der Waals surface area contributed by atoms with Crippen LogP contribution in [0.4, 0.5) is 5.95 Å². The van der Waals surface area contributed by atoms with E-state index in [9.17, 15) is 4.79 Å². The van der Waals surface area contributed by atoms with Crippen molar-refractivity contribution >= 4 is 11.7 Å². The van der Waals surface area contributed by atoms with Crippen molar-refractivity contribution in [3.8, 4) is 11.3 Å². The molecule has 0 aliphatic rings. The van der Waals surface area contributed by atoms with Gasteiger partial charge in [-0.25, -0.2) is 10.4 Å². The summed E-state index contributed by atoms with van der Waals surface area (Å²) in [6, 6.07) is 19.5. The number of anilines is 1. The summed E-state index contributed by atoms with van der Waals surface area (Å²) in [5, 5.41) is 4.37. The number of H-pyrrole nitrogens is 1. The van der Waals surface area contributed by atoms with E-state index in [1.807, 2.05) is 37.3 Å². The minimum Gasteiger partial charge on any atom is -0.291 e.